The number of carbonyl (C=O) groups excluding carboxylic acids is 2. The van der Waals surface area contributed by atoms with Gasteiger partial charge in [-0.15, -0.1) is 0 Å². The summed E-state index contributed by atoms with van der Waals surface area (Å²) in [5.74, 6) is -0.906. The van der Waals surface area contributed by atoms with Crippen molar-refractivity contribution in [3.05, 3.63) is 59.7 Å². The maximum absolute atomic E-state index is 12.3. The van der Waals surface area contributed by atoms with Crippen molar-refractivity contribution in [1.29, 1.82) is 0 Å². The summed E-state index contributed by atoms with van der Waals surface area (Å²) in [5.41, 5.74) is 4.74. The van der Waals surface area contributed by atoms with E-state index in [-0.39, 0.29) is 36.3 Å². The minimum Gasteiger partial charge on any atom is -0.481 e. The Bertz CT molecular complexity index is 1020. The molecule has 0 aromatic heterocycles. The van der Waals surface area contributed by atoms with E-state index in [0.717, 1.165) is 0 Å². The van der Waals surface area contributed by atoms with Gasteiger partial charge in [0.05, 0.1) is 5.92 Å². The van der Waals surface area contributed by atoms with Crippen LogP contribution in [-0.2, 0) is 14.3 Å². The first-order valence-electron chi connectivity index (χ1n) is 12.5. The van der Waals surface area contributed by atoms with Crippen molar-refractivity contribution in [3.63, 3.8) is 0 Å². The summed E-state index contributed by atoms with van der Waals surface area (Å²) in [6.45, 7) is 2.71. The number of nitrogens with one attached hydrogen (secondary N) is 2. The van der Waals surface area contributed by atoms with Crippen LogP contribution in [0.4, 0.5) is 4.79 Å². The van der Waals surface area contributed by atoms with Gasteiger partial charge in [0.1, 0.15) is 6.61 Å². The maximum Gasteiger partial charge on any atom is 0.407 e. The van der Waals surface area contributed by atoms with Crippen molar-refractivity contribution < 1.29 is 24.2 Å². The van der Waals surface area contributed by atoms with Gasteiger partial charge < -0.3 is 20.5 Å². The van der Waals surface area contributed by atoms with E-state index in [1.807, 2.05) is 31.2 Å². The van der Waals surface area contributed by atoms with E-state index in [1.165, 1.54) is 22.3 Å². The average Bonchev–Trinajstić information content (AvgIpc) is 3.16. The Morgan fingerprint density at radius 3 is 2.17 bits per heavy atom. The molecule has 0 aliphatic heterocycles. The molecule has 0 bridgehead atoms. The van der Waals surface area contributed by atoms with Gasteiger partial charge >= 0.3 is 12.1 Å². The summed E-state index contributed by atoms with van der Waals surface area (Å²) in [4.78, 5) is 35.7. The lowest BCUT2D eigenvalue weighted by molar-refractivity contribution is -0.142. The molecule has 0 saturated heterocycles. The molecule has 2 aliphatic carbocycles. The van der Waals surface area contributed by atoms with Gasteiger partial charge in [-0.05, 0) is 60.3 Å². The van der Waals surface area contributed by atoms with Crippen LogP contribution in [0, 0.1) is 11.8 Å². The number of amides is 2. The number of alkyl carbamates (subject to hydrolysis) is 1. The molecule has 2 aliphatic rings. The number of carboxylic acids is 1. The number of hydrogen-bond acceptors (Lipinski definition) is 4. The Morgan fingerprint density at radius 1 is 0.971 bits per heavy atom. The summed E-state index contributed by atoms with van der Waals surface area (Å²) < 4.78 is 5.56. The molecule has 3 N–H and O–H groups in total. The monoisotopic (exact) mass is 478 g/mol. The number of carboxylic acid groups (broad SMARTS) is 1. The number of carbonyl (C=O) groups is 3. The van der Waals surface area contributed by atoms with Crippen LogP contribution in [0.5, 0.6) is 0 Å². The number of fused-ring (bicyclic) bond motifs is 3. The topological polar surface area (TPSA) is 105 Å². The van der Waals surface area contributed by atoms with Crippen molar-refractivity contribution in [1.82, 2.24) is 10.6 Å². The lowest BCUT2D eigenvalue weighted by Crippen LogP contribution is -2.39. The van der Waals surface area contributed by atoms with Crippen molar-refractivity contribution >= 4 is 18.0 Å². The molecule has 2 aromatic carbocycles. The van der Waals surface area contributed by atoms with Gasteiger partial charge in [0.2, 0.25) is 5.91 Å². The molecule has 1 saturated carbocycles. The number of ether oxygens (including phenoxy) is 1. The molecule has 1 fully saturated rings. The zero-order chi connectivity index (χ0) is 24.8. The third-order valence-electron chi connectivity index (χ3n) is 7.23. The second kappa shape index (κ2) is 11.4. The Hall–Kier alpha value is -3.35. The normalized spacial score (nSPS) is 19.8. The van der Waals surface area contributed by atoms with Gasteiger partial charge in [-0.3, -0.25) is 9.59 Å². The molecule has 0 spiro atoms. The Morgan fingerprint density at radius 2 is 1.57 bits per heavy atom. The summed E-state index contributed by atoms with van der Waals surface area (Å²) >= 11 is 0. The Kier molecular flexibility index (Phi) is 8.06. The molecule has 7 nitrogen and oxygen atoms in total. The molecular weight excluding hydrogens is 444 g/mol. The van der Waals surface area contributed by atoms with Crippen LogP contribution in [0.25, 0.3) is 11.1 Å². The summed E-state index contributed by atoms with van der Waals surface area (Å²) in [6, 6.07) is 16.5. The third-order valence-corrected chi connectivity index (χ3v) is 7.23. The Balaban J connectivity index is 1.15. The quantitative estimate of drug-likeness (QED) is 0.485. The fourth-order valence-corrected chi connectivity index (χ4v) is 5.26. The highest BCUT2D eigenvalue weighted by Crippen LogP contribution is 2.44. The first-order valence-corrected chi connectivity index (χ1v) is 12.5. The van der Waals surface area contributed by atoms with E-state index in [0.29, 0.717) is 45.1 Å². The molecule has 186 valence electrons. The number of aliphatic carboxylic acids is 1. The van der Waals surface area contributed by atoms with Gasteiger partial charge in [-0.2, -0.15) is 0 Å². The summed E-state index contributed by atoms with van der Waals surface area (Å²) in [7, 11) is 0. The van der Waals surface area contributed by atoms with E-state index in [1.54, 1.807) is 0 Å². The second-order valence-electron chi connectivity index (χ2n) is 9.80. The predicted octanol–water partition coefficient (Wildman–Crippen LogP) is 4.70. The largest absolute Gasteiger partial charge is 0.481 e. The lowest BCUT2D eigenvalue weighted by Gasteiger charge is -2.27. The van der Waals surface area contributed by atoms with E-state index in [4.69, 9.17) is 9.84 Å². The molecule has 2 aromatic rings. The van der Waals surface area contributed by atoms with Gasteiger partial charge in [-0.1, -0.05) is 55.5 Å². The van der Waals surface area contributed by atoms with E-state index in [9.17, 15) is 14.4 Å². The zero-order valence-corrected chi connectivity index (χ0v) is 20.2. The van der Waals surface area contributed by atoms with Crippen LogP contribution in [-0.4, -0.2) is 42.3 Å². The highest BCUT2D eigenvalue weighted by Gasteiger charge is 2.29. The average molecular weight is 479 g/mol. The summed E-state index contributed by atoms with van der Waals surface area (Å²) in [5, 5.41) is 14.9. The van der Waals surface area contributed by atoms with E-state index >= 15 is 0 Å². The number of benzene rings is 2. The molecule has 2 amide bonds. The molecule has 1 atom stereocenters. The van der Waals surface area contributed by atoms with Crippen molar-refractivity contribution in [2.75, 3.05) is 13.2 Å². The fraction of sp³-hybridized carbons (Fsp3) is 0.464. The van der Waals surface area contributed by atoms with Crippen LogP contribution >= 0.6 is 0 Å². The Labute approximate surface area is 206 Å². The van der Waals surface area contributed by atoms with Gasteiger partial charge in [0, 0.05) is 24.9 Å². The molecule has 4 rings (SSSR count). The molecular formula is C28H34N2O5. The maximum atomic E-state index is 12.3. The van der Waals surface area contributed by atoms with Crippen LogP contribution in [0.3, 0.4) is 0 Å². The molecule has 7 heteroatoms. The number of rotatable bonds is 9. The van der Waals surface area contributed by atoms with Crippen LogP contribution in [0.1, 0.15) is 62.5 Å². The zero-order valence-electron chi connectivity index (χ0n) is 20.2. The molecule has 0 radical (unpaired) electrons. The van der Waals surface area contributed by atoms with Gasteiger partial charge in [0.15, 0.2) is 0 Å². The number of hydrogen-bond donors (Lipinski definition) is 3. The van der Waals surface area contributed by atoms with Crippen molar-refractivity contribution in [2.45, 2.75) is 57.4 Å². The molecule has 35 heavy (non-hydrogen) atoms. The highest BCUT2D eigenvalue weighted by atomic mass is 16.5. The smallest absolute Gasteiger partial charge is 0.407 e. The van der Waals surface area contributed by atoms with Crippen LogP contribution in [0.15, 0.2) is 48.5 Å². The van der Waals surface area contributed by atoms with Gasteiger partial charge in [0.25, 0.3) is 0 Å². The summed E-state index contributed by atoms with van der Waals surface area (Å²) in [6.07, 6.45) is 3.24. The van der Waals surface area contributed by atoms with E-state index < -0.39 is 12.1 Å². The highest BCUT2D eigenvalue weighted by molar-refractivity contribution is 5.79. The standard InChI is InChI=1S/C28H34N2O5/c1-18(16-26(31)30-20-12-10-19(11-13-20)27(32)33)14-15-29-28(34)35-17-25-23-8-4-2-6-21(23)22-7-3-5-9-24(22)25/h2-9,18-20,25H,10-17H2,1H3,(H,29,34)(H,30,31)(H,32,33). The minimum absolute atomic E-state index is 0.0163. The SMILES string of the molecule is CC(CCNC(=O)OCC1c2ccccc2-c2ccccc21)CC(=O)NC1CCC(C(=O)O)CC1. The van der Waals surface area contributed by atoms with Gasteiger partial charge in [-0.25, -0.2) is 4.79 Å². The first-order chi connectivity index (χ1) is 16.9. The van der Waals surface area contributed by atoms with Crippen LogP contribution < -0.4 is 10.6 Å². The van der Waals surface area contributed by atoms with Crippen LogP contribution in [0.2, 0.25) is 0 Å². The first kappa shape index (κ1) is 24.8. The molecule has 0 heterocycles. The fourth-order valence-electron chi connectivity index (χ4n) is 5.26. The van der Waals surface area contributed by atoms with Crippen molar-refractivity contribution in [2.24, 2.45) is 11.8 Å². The van der Waals surface area contributed by atoms with E-state index in [2.05, 4.69) is 34.9 Å². The van der Waals surface area contributed by atoms with Crippen molar-refractivity contribution in [3.8, 4) is 11.1 Å². The minimum atomic E-state index is -0.743. The second-order valence-corrected chi connectivity index (χ2v) is 9.80. The molecule has 1 unspecified atom stereocenters. The predicted molar refractivity (Wildman–Crippen MR) is 133 cm³/mol. The third kappa shape index (κ3) is 6.21. The lowest BCUT2D eigenvalue weighted by atomic mass is 9.86.